The van der Waals surface area contributed by atoms with Gasteiger partial charge in [0.25, 0.3) is 0 Å². The molecule has 1 N–H and O–H groups in total. The van der Waals surface area contributed by atoms with Crippen molar-refractivity contribution in [1.82, 2.24) is 4.90 Å². The van der Waals surface area contributed by atoms with Gasteiger partial charge in [0.05, 0.1) is 19.8 Å². The molecule has 0 aromatic carbocycles. The Morgan fingerprint density at radius 1 is 1.46 bits per heavy atom. The minimum Gasteiger partial charge on any atom is -0.395 e. The number of rotatable bonds is 5. The van der Waals surface area contributed by atoms with Crippen LogP contribution < -0.4 is 0 Å². The van der Waals surface area contributed by atoms with Crippen LogP contribution in [-0.2, 0) is 4.74 Å². The third-order valence-electron chi connectivity index (χ3n) is 2.43. The van der Waals surface area contributed by atoms with E-state index in [1.807, 2.05) is 11.8 Å². The zero-order chi connectivity index (χ0) is 9.52. The van der Waals surface area contributed by atoms with Crippen LogP contribution in [0, 0.1) is 0 Å². The van der Waals surface area contributed by atoms with Crippen molar-refractivity contribution >= 4 is 11.8 Å². The smallest absolute Gasteiger partial charge is 0.0594 e. The van der Waals surface area contributed by atoms with Crippen LogP contribution in [0.5, 0.6) is 0 Å². The molecular weight excluding hydrogens is 186 g/mol. The third kappa shape index (κ3) is 3.85. The van der Waals surface area contributed by atoms with E-state index in [4.69, 9.17) is 4.74 Å². The maximum absolute atomic E-state index is 9.21. The zero-order valence-electron chi connectivity index (χ0n) is 8.24. The maximum Gasteiger partial charge on any atom is 0.0594 e. The monoisotopic (exact) mass is 205 g/mol. The summed E-state index contributed by atoms with van der Waals surface area (Å²) in [6, 6.07) is 0.344. The quantitative estimate of drug-likeness (QED) is 0.705. The fraction of sp³-hybridized carbons (Fsp3) is 1.00. The van der Waals surface area contributed by atoms with Crippen molar-refractivity contribution in [3.8, 4) is 0 Å². The Balaban J connectivity index is 2.26. The Morgan fingerprint density at radius 3 is 2.69 bits per heavy atom. The molecule has 4 heteroatoms. The first kappa shape index (κ1) is 11.3. The Kier molecular flexibility index (Phi) is 5.78. The molecule has 0 bridgehead atoms. The molecule has 1 fully saturated rings. The van der Waals surface area contributed by atoms with Crippen LogP contribution in [0.1, 0.15) is 6.42 Å². The molecule has 0 unspecified atom stereocenters. The minimum absolute atomic E-state index is 0.278. The summed E-state index contributed by atoms with van der Waals surface area (Å²) in [5.74, 6) is 1.13. The van der Waals surface area contributed by atoms with Gasteiger partial charge in [0.15, 0.2) is 0 Å². The van der Waals surface area contributed by atoms with Crippen molar-refractivity contribution in [3.05, 3.63) is 0 Å². The Bertz CT molecular complexity index is 129. The molecule has 0 spiro atoms. The summed E-state index contributed by atoms with van der Waals surface area (Å²) in [4.78, 5) is 2.33. The van der Waals surface area contributed by atoms with Gasteiger partial charge in [-0.3, -0.25) is 4.90 Å². The van der Waals surface area contributed by atoms with Crippen LogP contribution in [0.2, 0.25) is 0 Å². The van der Waals surface area contributed by atoms with E-state index in [9.17, 15) is 5.11 Å². The van der Waals surface area contributed by atoms with Crippen LogP contribution in [-0.4, -0.2) is 61.0 Å². The number of ether oxygens (including phenoxy) is 1. The zero-order valence-corrected chi connectivity index (χ0v) is 9.05. The van der Waals surface area contributed by atoms with Crippen LogP contribution in [0.4, 0.5) is 0 Å². The first-order chi connectivity index (χ1) is 6.38. The molecule has 1 aliphatic heterocycles. The van der Waals surface area contributed by atoms with Crippen molar-refractivity contribution in [2.75, 3.05) is 44.9 Å². The molecule has 0 aromatic heterocycles. The van der Waals surface area contributed by atoms with Gasteiger partial charge in [0.2, 0.25) is 0 Å². The van der Waals surface area contributed by atoms with E-state index in [0.29, 0.717) is 6.04 Å². The number of aliphatic hydroxyl groups excluding tert-OH is 1. The SMILES string of the molecule is CSCC[C@@H](CO)N1CCOCC1. The molecule has 0 aliphatic carbocycles. The van der Waals surface area contributed by atoms with E-state index in [0.717, 1.165) is 38.5 Å². The van der Waals surface area contributed by atoms with Gasteiger partial charge in [-0.2, -0.15) is 11.8 Å². The summed E-state index contributed by atoms with van der Waals surface area (Å²) in [5, 5.41) is 9.21. The number of morpholine rings is 1. The third-order valence-corrected chi connectivity index (χ3v) is 3.07. The summed E-state index contributed by atoms with van der Waals surface area (Å²) in [6.45, 7) is 3.85. The number of thioether (sulfide) groups is 1. The molecular formula is C9H19NO2S. The van der Waals surface area contributed by atoms with Crippen molar-refractivity contribution < 1.29 is 9.84 Å². The van der Waals surface area contributed by atoms with Crippen LogP contribution in [0.3, 0.4) is 0 Å². The predicted molar refractivity (Wildman–Crippen MR) is 56.3 cm³/mol. The van der Waals surface area contributed by atoms with Crippen molar-refractivity contribution in [1.29, 1.82) is 0 Å². The topological polar surface area (TPSA) is 32.7 Å². The highest BCUT2D eigenvalue weighted by molar-refractivity contribution is 7.98. The molecule has 1 saturated heterocycles. The minimum atomic E-state index is 0.278. The molecule has 1 rings (SSSR count). The highest BCUT2D eigenvalue weighted by atomic mass is 32.2. The van der Waals surface area contributed by atoms with Crippen molar-refractivity contribution in [2.24, 2.45) is 0 Å². The lowest BCUT2D eigenvalue weighted by molar-refractivity contribution is 0.00271. The van der Waals surface area contributed by atoms with E-state index < -0.39 is 0 Å². The summed E-state index contributed by atoms with van der Waals surface area (Å²) < 4.78 is 5.27. The number of aliphatic hydroxyl groups is 1. The van der Waals surface area contributed by atoms with E-state index in [1.54, 1.807) is 0 Å². The van der Waals surface area contributed by atoms with Crippen LogP contribution >= 0.6 is 11.8 Å². The molecule has 0 radical (unpaired) electrons. The normalized spacial score (nSPS) is 21.7. The fourth-order valence-corrected chi connectivity index (χ4v) is 2.09. The lowest BCUT2D eigenvalue weighted by Gasteiger charge is -2.33. The van der Waals surface area contributed by atoms with Crippen molar-refractivity contribution in [2.45, 2.75) is 12.5 Å². The van der Waals surface area contributed by atoms with E-state index >= 15 is 0 Å². The molecule has 13 heavy (non-hydrogen) atoms. The largest absolute Gasteiger partial charge is 0.395 e. The molecule has 0 amide bonds. The molecule has 1 heterocycles. The highest BCUT2D eigenvalue weighted by Crippen LogP contribution is 2.09. The standard InChI is InChI=1S/C9H19NO2S/c1-13-7-2-9(8-11)10-3-5-12-6-4-10/h9,11H,2-8H2,1H3/t9-/m0/s1. The molecule has 1 aliphatic rings. The second kappa shape index (κ2) is 6.65. The summed E-state index contributed by atoms with van der Waals surface area (Å²) >= 11 is 1.84. The van der Waals surface area contributed by atoms with Gasteiger partial charge in [-0.05, 0) is 18.4 Å². The molecule has 78 valence electrons. The lowest BCUT2D eigenvalue weighted by atomic mass is 10.2. The Morgan fingerprint density at radius 2 is 2.15 bits per heavy atom. The van der Waals surface area contributed by atoms with Gasteiger partial charge in [-0.1, -0.05) is 0 Å². The van der Waals surface area contributed by atoms with Gasteiger partial charge in [-0.25, -0.2) is 0 Å². The van der Waals surface area contributed by atoms with Gasteiger partial charge in [0, 0.05) is 19.1 Å². The fourth-order valence-electron chi connectivity index (χ4n) is 1.59. The average molecular weight is 205 g/mol. The lowest BCUT2D eigenvalue weighted by Crippen LogP contribution is -2.45. The average Bonchev–Trinajstić information content (AvgIpc) is 2.21. The predicted octanol–water partition coefficient (Wildman–Crippen LogP) is 0.433. The number of nitrogens with zero attached hydrogens (tertiary/aromatic N) is 1. The molecule has 0 saturated carbocycles. The number of hydrogen-bond donors (Lipinski definition) is 1. The molecule has 1 atom stereocenters. The Hall–Kier alpha value is 0.230. The number of hydrogen-bond acceptors (Lipinski definition) is 4. The van der Waals surface area contributed by atoms with Gasteiger partial charge in [0.1, 0.15) is 0 Å². The summed E-state index contributed by atoms with van der Waals surface area (Å²) in [7, 11) is 0. The van der Waals surface area contributed by atoms with Crippen LogP contribution in [0.25, 0.3) is 0 Å². The van der Waals surface area contributed by atoms with E-state index in [2.05, 4.69) is 11.2 Å². The second-order valence-electron chi connectivity index (χ2n) is 3.27. The van der Waals surface area contributed by atoms with Crippen LogP contribution in [0.15, 0.2) is 0 Å². The maximum atomic E-state index is 9.21. The highest BCUT2D eigenvalue weighted by Gasteiger charge is 2.19. The first-order valence-electron chi connectivity index (χ1n) is 4.80. The van der Waals surface area contributed by atoms with Gasteiger partial charge in [-0.15, -0.1) is 0 Å². The summed E-state index contributed by atoms with van der Waals surface area (Å²) in [6.07, 6.45) is 3.19. The van der Waals surface area contributed by atoms with Gasteiger partial charge < -0.3 is 9.84 Å². The van der Waals surface area contributed by atoms with E-state index in [-0.39, 0.29) is 6.61 Å². The second-order valence-corrected chi connectivity index (χ2v) is 4.25. The summed E-state index contributed by atoms with van der Waals surface area (Å²) in [5.41, 5.74) is 0. The van der Waals surface area contributed by atoms with Crippen molar-refractivity contribution in [3.63, 3.8) is 0 Å². The Labute approximate surface area is 84.4 Å². The first-order valence-corrected chi connectivity index (χ1v) is 6.19. The molecule has 3 nitrogen and oxygen atoms in total. The molecule has 0 aromatic rings. The van der Waals surface area contributed by atoms with Gasteiger partial charge >= 0.3 is 0 Å². The van der Waals surface area contributed by atoms with E-state index in [1.165, 1.54) is 0 Å².